The molecule has 0 bridgehead atoms. The van der Waals surface area contributed by atoms with E-state index in [4.69, 9.17) is 14.2 Å². The summed E-state index contributed by atoms with van der Waals surface area (Å²) in [7, 11) is 0. The van der Waals surface area contributed by atoms with Crippen molar-refractivity contribution >= 4 is 17.9 Å². The van der Waals surface area contributed by atoms with Crippen LogP contribution in [-0.2, 0) is 28.6 Å². The Kier molecular flexibility index (Phi) is 47.5. The lowest BCUT2D eigenvalue weighted by atomic mass is 10.1. The van der Waals surface area contributed by atoms with Gasteiger partial charge >= 0.3 is 17.9 Å². The van der Waals surface area contributed by atoms with Gasteiger partial charge in [0.25, 0.3) is 0 Å². The minimum absolute atomic E-state index is 0.102. The van der Waals surface area contributed by atoms with Gasteiger partial charge in [0.2, 0.25) is 0 Å². The minimum atomic E-state index is -0.805. The second-order valence-corrected chi connectivity index (χ2v) is 16.5. The van der Waals surface area contributed by atoms with Crippen LogP contribution in [-0.4, -0.2) is 37.2 Å². The van der Waals surface area contributed by atoms with Gasteiger partial charge in [-0.15, -0.1) is 0 Å². The highest BCUT2D eigenvalue weighted by atomic mass is 16.6. The Hall–Kier alpha value is -3.93. The number of ether oxygens (including phenoxy) is 3. The molecule has 0 amide bonds. The predicted octanol–water partition coefficient (Wildman–Crippen LogP) is 16.8. The first kappa shape index (κ1) is 59.1. The SMILES string of the molecule is CC\C=C/C=C\C=C/C=C\C=C\C=C/CCCCCC(=O)OCC(COC(=O)CCCCCCC/C=C\CCCC)OC(=O)CCCCCCCCC/C=C\C/C=C\CCCCC. The van der Waals surface area contributed by atoms with E-state index in [1.807, 2.05) is 60.8 Å². The zero-order valence-electron chi connectivity index (χ0n) is 40.5. The Balaban J connectivity index is 4.50. The molecule has 6 heteroatoms. The summed E-state index contributed by atoms with van der Waals surface area (Å²) in [5.74, 6) is -0.971. The molecule has 356 valence electrons. The van der Waals surface area contributed by atoms with E-state index in [-0.39, 0.29) is 31.1 Å². The second-order valence-electron chi connectivity index (χ2n) is 16.5. The molecule has 0 saturated carbocycles. The van der Waals surface area contributed by atoms with Crippen LogP contribution in [0.4, 0.5) is 0 Å². The molecule has 0 heterocycles. The van der Waals surface area contributed by atoms with Gasteiger partial charge in [-0.25, -0.2) is 0 Å². The van der Waals surface area contributed by atoms with Gasteiger partial charge in [0.15, 0.2) is 6.10 Å². The first-order valence-electron chi connectivity index (χ1n) is 25.5. The summed E-state index contributed by atoms with van der Waals surface area (Å²) in [6, 6.07) is 0. The monoisotopic (exact) mass is 873 g/mol. The Bertz CT molecular complexity index is 1330. The lowest BCUT2D eigenvalue weighted by molar-refractivity contribution is -0.167. The number of rotatable bonds is 44. The number of carbonyl (C=O) groups excluding carboxylic acids is 3. The molecule has 0 fully saturated rings. The maximum Gasteiger partial charge on any atom is 0.306 e. The van der Waals surface area contributed by atoms with E-state index in [1.165, 1.54) is 77.0 Å². The van der Waals surface area contributed by atoms with Crippen LogP contribution >= 0.6 is 0 Å². The fourth-order valence-corrected chi connectivity index (χ4v) is 6.54. The second kappa shape index (κ2) is 50.7. The molecule has 63 heavy (non-hydrogen) atoms. The number of hydrogen-bond acceptors (Lipinski definition) is 6. The number of unbranched alkanes of at least 4 members (excludes halogenated alkanes) is 20. The van der Waals surface area contributed by atoms with E-state index in [9.17, 15) is 14.4 Å². The summed E-state index contributed by atoms with van der Waals surface area (Å²) in [4.78, 5) is 37.9. The highest BCUT2D eigenvalue weighted by Gasteiger charge is 2.19. The molecule has 0 aliphatic carbocycles. The van der Waals surface area contributed by atoms with E-state index in [0.29, 0.717) is 19.3 Å². The van der Waals surface area contributed by atoms with Crippen molar-refractivity contribution < 1.29 is 28.6 Å². The molecule has 0 N–H and O–H groups in total. The fourth-order valence-electron chi connectivity index (χ4n) is 6.54. The smallest absolute Gasteiger partial charge is 0.306 e. The van der Waals surface area contributed by atoms with Crippen molar-refractivity contribution in [1.29, 1.82) is 0 Å². The van der Waals surface area contributed by atoms with E-state index in [1.54, 1.807) is 0 Å². The highest BCUT2D eigenvalue weighted by Crippen LogP contribution is 2.13. The summed E-state index contributed by atoms with van der Waals surface area (Å²) >= 11 is 0. The minimum Gasteiger partial charge on any atom is -0.462 e. The fraction of sp³-hybridized carbons (Fsp3) is 0.632. The third-order valence-electron chi connectivity index (χ3n) is 10.4. The highest BCUT2D eigenvalue weighted by molar-refractivity contribution is 5.71. The van der Waals surface area contributed by atoms with E-state index in [2.05, 4.69) is 69.4 Å². The van der Waals surface area contributed by atoms with Gasteiger partial charge in [-0.3, -0.25) is 14.4 Å². The average molecular weight is 873 g/mol. The molecule has 0 saturated heterocycles. The molecular formula is C57H92O6. The van der Waals surface area contributed by atoms with Crippen molar-refractivity contribution in [2.24, 2.45) is 0 Å². The topological polar surface area (TPSA) is 78.9 Å². The van der Waals surface area contributed by atoms with Gasteiger partial charge in [-0.2, -0.15) is 0 Å². The van der Waals surface area contributed by atoms with Crippen molar-refractivity contribution in [3.05, 3.63) is 109 Å². The van der Waals surface area contributed by atoms with Crippen molar-refractivity contribution in [2.75, 3.05) is 13.2 Å². The van der Waals surface area contributed by atoms with Crippen molar-refractivity contribution in [2.45, 2.75) is 219 Å². The predicted molar refractivity (Wildman–Crippen MR) is 270 cm³/mol. The number of carbonyl (C=O) groups is 3. The standard InChI is InChI=1S/C57H92O6/c1-4-7-10-13-16-19-22-24-26-28-30-32-35-38-41-44-47-50-56(59)62-53-54(52-61-55(58)49-46-43-40-37-34-21-18-15-12-9-6-3)63-57(60)51-48-45-42-39-36-33-31-29-27-25-23-20-17-14-11-8-5-2/h7,10,13,15-20,22,24-28,30,32,35,54H,4-6,8-9,11-12,14,21,23,29,31,33-34,36-53H2,1-3H3/b10-7-,16-13-,18-15-,20-17-,22-19-,26-24-,27-25-,30-28+,35-32-. The lowest BCUT2D eigenvalue weighted by Crippen LogP contribution is -2.30. The quantitative estimate of drug-likeness (QED) is 0.0199. The van der Waals surface area contributed by atoms with Crippen LogP contribution in [0.15, 0.2) is 109 Å². The molecule has 0 aromatic heterocycles. The average Bonchev–Trinajstić information content (AvgIpc) is 3.28. The Morgan fingerprint density at radius 1 is 0.349 bits per heavy atom. The normalized spacial score (nSPS) is 13.0. The van der Waals surface area contributed by atoms with Crippen LogP contribution in [0.5, 0.6) is 0 Å². The van der Waals surface area contributed by atoms with Crippen molar-refractivity contribution in [3.63, 3.8) is 0 Å². The molecule has 0 rings (SSSR count). The summed E-state index contributed by atoms with van der Waals surface area (Å²) in [6.45, 7) is 6.36. The molecular weight excluding hydrogens is 781 g/mol. The third-order valence-corrected chi connectivity index (χ3v) is 10.4. The Morgan fingerprint density at radius 2 is 0.698 bits per heavy atom. The number of allylic oxidation sites excluding steroid dienone is 18. The van der Waals surface area contributed by atoms with Gasteiger partial charge < -0.3 is 14.2 Å². The Morgan fingerprint density at radius 3 is 1.17 bits per heavy atom. The lowest BCUT2D eigenvalue weighted by Gasteiger charge is -2.18. The summed E-state index contributed by atoms with van der Waals surface area (Å²) in [5, 5.41) is 0. The van der Waals surface area contributed by atoms with Crippen LogP contribution in [0, 0.1) is 0 Å². The molecule has 0 radical (unpaired) electrons. The molecule has 0 aliphatic rings. The van der Waals surface area contributed by atoms with Gasteiger partial charge in [-0.05, 0) is 89.9 Å². The van der Waals surface area contributed by atoms with Crippen LogP contribution in [0.2, 0.25) is 0 Å². The maximum absolute atomic E-state index is 12.8. The van der Waals surface area contributed by atoms with Crippen LogP contribution in [0.25, 0.3) is 0 Å². The van der Waals surface area contributed by atoms with Gasteiger partial charge in [0.05, 0.1) is 0 Å². The van der Waals surface area contributed by atoms with Gasteiger partial charge in [0, 0.05) is 19.3 Å². The van der Waals surface area contributed by atoms with E-state index >= 15 is 0 Å². The molecule has 0 spiro atoms. The largest absolute Gasteiger partial charge is 0.462 e. The zero-order chi connectivity index (χ0) is 45.8. The van der Waals surface area contributed by atoms with E-state index < -0.39 is 6.10 Å². The van der Waals surface area contributed by atoms with Gasteiger partial charge in [0.1, 0.15) is 13.2 Å². The van der Waals surface area contributed by atoms with Gasteiger partial charge in [-0.1, -0.05) is 214 Å². The zero-order valence-corrected chi connectivity index (χ0v) is 40.5. The summed E-state index contributed by atoms with van der Waals surface area (Å²) < 4.78 is 16.7. The van der Waals surface area contributed by atoms with Crippen LogP contribution in [0.3, 0.4) is 0 Å². The van der Waals surface area contributed by atoms with E-state index in [0.717, 1.165) is 96.3 Å². The molecule has 6 nitrogen and oxygen atoms in total. The molecule has 1 unspecified atom stereocenters. The molecule has 0 aliphatic heterocycles. The van der Waals surface area contributed by atoms with Crippen molar-refractivity contribution in [3.8, 4) is 0 Å². The molecule has 1 atom stereocenters. The molecule has 0 aromatic rings. The first-order valence-corrected chi connectivity index (χ1v) is 25.5. The number of hydrogen-bond donors (Lipinski definition) is 0. The Labute approximate surface area is 387 Å². The third kappa shape index (κ3) is 49.0. The number of esters is 3. The molecule has 0 aromatic carbocycles. The first-order chi connectivity index (χ1) is 31.0. The van der Waals surface area contributed by atoms with Crippen LogP contribution in [0.1, 0.15) is 213 Å². The van der Waals surface area contributed by atoms with Crippen molar-refractivity contribution in [1.82, 2.24) is 0 Å². The van der Waals surface area contributed by atoms with Crippen LogP contribution < -0.4 is 0 Å². The summed E-state index contributed by atoms with van der Waals surface area (Å²) in [5.41, 5.74) is 0. The maximum atomic E-state index is 12.8. The summed E-state index contributed by atoms with van der Waals surface area (Å²) in [6.07, 6.45) is 67.8.